The molecule has 1 aromatic heterocycles. The molecule has 0 spiro atoms. The summed E-state index contributed by atoms with van der Waals surface area (Å²) < 4.78 is 0. The molecule has 0 amide bonds. The van der Waals surface area contributed by atoms with Crippen molar-refractivity contribution in [2.24, 2.45) is 5.73 Å². The summed E-state index contributed by atoms with van der Waals surface area (Å²) in [5, 5.41) is 8.61. The van der Waals surface area contributed by atoms with Crippen LogP contribution in [0.15, 0.2) is 24.5 Å². The van der Waals surface area contributed by atoms with Crippen LogP contribution < -0.4 is 10.6 Å². The van der Waals surface area contributed by atoms with E-state index in [4.69, 9.17) is 10.8 Å². The molecule has 0 aliphatic rings. The molecule has 0 bridgehead atoms. The Balaban J connectivity index is 2.43. The number of carbonyl (C=O) groups is 1. The van der Waals surface area contributed by atoms with Gasteiger partial charge in [-0.25, -0.2) is 0 Å². The van der Waals surface area contributed by atoms with E-state index in [-0.39, 0.29) is 0 Å². The number of aromatic nitrogens is 1. The van der Waals surface area contributed by atoms with Gasteiger partial charge in [0.1, 0.15) is 6.04 Å². The van der Waals surface area contributed by atoms with Crippen molar-refractivity contribution in [3.63, 3.8) is 0 Å². The number of carboxylic acid groups (broad SMARTS) is 1. The lowest BCUT2D eigenvalue weighted by Crippen LogP contribution is -2.34. The van der Waals surface area contributed by atoms with E-state index in [1.165, 1.54) is 0 Å². The monoisotopic (exact) mass is 209 g/mol. The second-order valence-corrected chi connectivity index (χ2v) is 3.37. The summed E-state index contributed by atoms with van der Waals surface area (Å²) in [7, 11) is 1.88. The lowest BCUT2D eigenvalue weighted by atomic mass is 10.2. The molecule has 1 rings (SSSR count). The number of rotatable bonds is 5. The maximum Gasteiger partial charge on any atom is 0.320 e. The number of nitrogens with zero attached hydrogens (tertiary/aromatic N) is 2. The van der Waals surface area contributed by atoms with E-state index in [0.29, 0.717) is 13.0 Å². The molecule has 0 saturated heterocycles. The molecule has 0 fully saturated rings. The minimum atomic E-state index is -0.963. The fourth-order valence-corrected chi connectivity index (χ4v) is 1.16. The maximum atomic E-state index is 10.5. The lowest BCUT2D eigenvalue weighted by molar-refractivity contribution is -0.138. The van der Waals surface area contributed by atoms with Crippen LogP contribution in [0.25, 0.3) is 0 Å². The van der Waals surface area contributed by atoms with E-state index in [0.717, 1.165) is 5.69 Å². The molecule has 3 N–H and O–H groups in total. The van der Waals surface area contributed by atoms with Crippen LogP contribution in [0.2, 0.25) is 0 Å². The molecule has 1 atom stereocenters. The van der Waals surface area contributed by atoms with Crippen LogP contribution in [0, 0.1) is 0 Å². The van der Waals surface area contributed by atoms with Gasteiger partial charge in [0, 0.05) is 19.8 Å². The highest BCUT2D eigenvalue weighted by Crippen LogP contribution is 2.09. The average Bonchev–Trinajstić information content (AvgIpc) is 2.26. The number of aliphatic carboxylic acids is 1. The molecule has 0 saturated carbocycles. The second kappa shape index (κ2) is 5.31. The van der Waals surface area contributed by atoms with Gasteiger partial charge < -0.3 is 15.7 Å². The summed E-state index contributed by atoms with van der Waals surface area (Å²) in [4.78, 5) is 16.4. The number of hydrogen-bond donors (Lipinski definition) is 2. The van der Waals surface area contributed by atoms with Crippen molar-refractivity contribution in [3.05, 3.63) is 24.5 Å². The minimum Gasteiger partial charge on any atom is -0.480 e. The molecule has 1 aromatic rings. The number of carboxylic acids is 1. The maximum absolute atomic E-state index is 10.5. The van der Waals surface area contributed by atoms with Gasteiger partial charge in [-0.2, -0.15) is 0 Å². The van der Waals surface area contributed by atoms with Crippen molar-refractivity contribution in [1.82, 2.24) is 4.98 Å². The van der Waals surface area contributed by atoms with Crippen LogP contribution in [-0.2, 0) is 4.79 Å². The third-order valence-electron chi connectivity index (χ3n) is 2.18. The summed E-state index contributed by atoms with van der Waals surface area (Å²) in [6, 6.07) is 2.95. The number of pyridine rings is 1. The van der Waals surface area contributed by atoms with Crippen LogP contribution >= 0.6 is 0 Å². The largest absolute Gasteiger partial charge is 0.480 e. The molecule has 15 heavy (non-hydrogen) atoms. The van der Waals surface area contributed by atoms with E-state index >= 15 is 0 Å². The molecule has 0 aliphatic heterocycles. The van der Waals surface area contributed by atoms with Gasteiger partial charge in [-0.15, -0.1) is 0 Å². The normalized spacial score (nSPS) is 12.1. The third-order valence-corrected chi connectivity index (χ3v) is 2.18. The molecule has 0 aromatic carbocycles. The molecule has 82 valence electrons. The Morgan fingerprint density at radius 3 is 3.00 bits per heavy atom. The van der Waals surface area contributed by atoms with Gasteiger partial charge in [-0.05, 0) is 18.6 Å². The molecule has 5 heteroatoms. The Hall–Kier alpha value is -1.62. The zero-order chi connectivity index (χ0) is 11.3. The average molecular weight is 209 g/mol. The Morgan fingerprint density at radius 1 is 1.73 bits per heavy atom. The van der Waals surface area contributed by atoms with Gasteiger partial charge in [-0.1, -0.05) is 0 Å². The Bertz CT molecular complexity index is 316. The quantitative estimate of drug-likeness (QED) is 0.730. The van der Waals surface area contributed by atoms with Crippen LogP contribution in [0.4, 0.5) is 5.69 Å². The zero-order valence-electron chi connectivity index (χ0n) is 8.63. The Morgan fingerprint density at radius 2 is 2.47 bits per heavy atom. The predicted octanol–water partition coefficient (Wildman–Crippen LogP) is 0.320. The first kappa shape index (κ1) is 11.5. The first-order valence-corrected chi connectivity index (χ1v) is 4.71. The van der Waals surface area contributed by atoms with E-state index in [1.54, 1.807) is 12.4 Å². The summed E-state index contributed by atoms with van der Waals surface area (Å²) in [5.41, 5.74) is 6.35. The van der Waals surface area contributed by atoms with Crippen molar-refractivity contribution in [2.45, 2.75) is 12.5 Å². The van der Waals surface area contributed by atoms with Gasteiger partial charge in [0.05, 0.1) is 11.9 Å². The van der Waals surface area contributed by atoms with Crippen LogP contribution in [0.5, 0.6) is 0 Å². The topological polar surface area (TPSA) is 79.5 Å². The molecular weight excluding hydrogens is 194 g/mol. The molecule has 0 radical (unpaired) electrons. The third kappa shape index (κ3) is 3.55. The van der Waals surface area contributed by atoms with Gasteiger partial charge in [-0.3, -0.25) is 9.78 Å². The van der Waals surface area contributed by atoms with Gasteiger partial charge in [0.2, 0.25) is 0 Å². The van der Waals surface area contributed by atoms with Crippen molar-refractivity contribution < 1.29 is 9.90 Å². The summed E-state index contributed by atoms with van der Waals surface area (Å²) in [5.74, 6) is -0.963. The Labute approximate surface area is 88.5 Å². The van der Waals surface area contributed by atoms with Crippen molar-refractivity contribution in [1.29, 1.82) is 0 Å². The summed E-state index contributed by atoms with van der Waals surface area (Å²) >= 11 is 0. The number of hydrogen-bond acceptors (Lipinski definition) is 4. The van der Waals surface area contributed by atoms with E-state index in [9.17, 15) is 4.79 Å². The van der Waals surface area contributed by atoms with Gasteiger partial charge >= 0.3 is 5.97 Å². The van der Waals surface area contributed by atoms with Crippen LogP contribution in [-0.4, -0.2) is 35.7 Å². The van der Waals surface area contributed by atoms with Gasteiger partial charge in [0.25, 0.3) is 0 Å². The highest BCUT2D eigenvalue weighted by Gasteiger charge is 2.12. The van der Waals surface area contributed by atoms with Crippen LogP contribution in [0.1, 0.15) is 6.42 Å². The lowest BCUT2D eigenvalue weighted by Gasteiger charge is -2.19. The summed E-state index contributed by atoms with van der Waals surface area (Å²) in [6.45, 7) is 0.596. The SMILES string of the molecule is CN(CCC(N)C(=O)O)c1cccnc1. The molecule has 0 aliphatic carbocycles. The van der Waals surface area contributed by atoms with E-state index in [2.05, 4.69) is 4.98 Å². The number of nitrogens with two attached hydrogens (primary N) is 1. The van der Waals surface area contributed by atoms with E-state index < -0.39 is 12.0 Å². The molecular formula is C10H15N3O2. The smallest absolute Gasteiger partial charge is 0.320 e. The highest BCUT2D eigenvalue weighted by molar-refractivity contribution is 5.73. The predicted molar refractivity (Wildman–Crippen MR) is 57.7 cm³/mol. The van der Waals surface area contributed by atoms with Crippen molar-refractivity contribution >= 4 is 11.7 Å². The fraction of sp³-hybridized carbons (Fsp3) is 0.400. The van der Waals surface area contributed by atoms with Crippen molar-refractivity contribution in [2.75, 3.05) is 18.5 Å². The standard InChI is InChI=1S/C10H15N3O2/c1-13(6-4-9(11)10(14)15)8-3-2-5-12-7-8/h2-3,5,7,9H,4,6,11H2,1H3,(H,14,15). The summed E-state index contributed by atoms with van der Waals surface area (Å²) in [6.07, 6.45) is 3.84. The highest BCUT2D eigenvalue weighted by atomic mass is 16.4. The van der Waals surface area contributed by atoms with Crippen molar-refractivity contribution in [3.8, 4) is 0 Å². The minimum absolute atomic E-state index is 0.417. The Kier molecular flexibility index (Phi) is 4.05. The number of anilines is 1. The first-order valence-electron chi connectivity index (χ1n) is 4.71. The molecule has 1 heterocycles. The molecule has 5 nitrogen and oxygen atoms in total. The van der Waals surface area contributed by atoms with E-state index in [1.807, 2.05) is 24.1 Å². The van der Waals surface area contributed by atoms with Gasteiger partial charge in [0.15, 0.2) is 0 Å². The molecule has 1 unspecified atom stereocenters. The fourth-order valence-electron chi connectivity index (χ4n) is 1.16. The first-order chi connectivity index (χ1) is 7.11. The second-order valence-electron chi connectivity index (χ2n) is 3.37. The van der Waals surface area contributed by atoms with Crippen LogP contribution in [0.3, 0.4) is 0 Å². The zero-order valence-corrected chi connectivity index (χ0v) is 8.63.